The molecule has 1 rings (SSSR count). The van der Waals surface area contributed by atoms with Crippen molar-refractivity contribution in [3.05, 3.63) is 11.8 Å². The molecular formula is C5H2F3NO. The summed E-state index contributed by atoms with van der Waals surface area (Å²) in [6.07, 6.45) is -3.72. The van der Waals surface area contributed by atoms with Gasteiger partial charge in [0.05, 0.1) is 0 Å². The third-order valence-corrected chi connectivity index (χ3v) is 1.03. The van der Waals surface area contributed by atoms with Crippen molar-refractivity contribution in [3.8, 4) is 0 Å². The van der Waals surface area contributed by atoms with Crippen LogP contribution in [0.3, 0.4) is 0 Å². The Morgan fingerprint density at radius 1 is 1.50 bits per heavy atom. The van der Waals surface area contributed by atoms with Crippen molar-refractivity contribution in [2.45, 2.75) is 6.18 Å². The molecule has 0 aromatic carbocycles. The van der Waals surface area contributed by atoms with Crippen molar-refractivity contribution in [2.24, 2.45) is 4.99 Å². The average Bonchev–Trinajstić information content (AvgIpc) is 1.57. The quantitative estimate of drug-likeness (QED) is 0.513. The Bertz CT molecular complexity index is 226. The minimum atomic E-state index is -4.43. The lowest BCUT2D eigenvalue weighted by Crippen LogP contribution is -2.25. The summed E-state index contributed by atoms with van der Waals surface area (Å²) >= 11 is 0. The number of hydrogen-bond donors (Lipinski definition) is 0. The zero-order chi connectivity index (χ0) is 7.78. The molecule has 54 valence electrons. The molecule has 0 aromatic rings. The smallest absolute Gasteiger partial charge is 0.296 e. The molecule has 2 nitrogen and oxygen atoms in total. The fourth-order valence-electron chi connectivity index (χ4n) is 0.516. The summed E-state index contributed by atoms with van der Waals surface area (Å²) in [4.78, 5) is 12.9. The van der Waals surface area contributed by atoms with E-state index in [0.717, 1.165) is 0 Å². The Morgan fingerprint density at radius 3 is 2.20 bits per heavy atom. The van der Waals surface area contributed by atoms with Crippen LogP contribution < -0.4 is 0 Å². The van der Waals surface area contributed by atoms with Crippen LogP contribution in [0.5, 0.6) is 0 Å². The number of allylic oxidation sites excluding steroid dienone is 1. The van der Waals surface area contributed by atoms with Crippen LogP contribution in [-0.2, 0) is 4.79 Å². The van der Waals surface area contributed by atoms with E-state index < -0.39 is 17.5 Å². The number of hydrogen-bond acceptors (Lipinski definition) is 2. The van der Waals surface area contributed by atoms with Crippen LogP contribution in [0.1, 0.15) is 0 Å². The van der Waals surface area contributed by atoms with E-state index in [1.165, 1.54) is 0 Å². The summed E-state index contributed by atoms with van der Waals surface area (Å²) in [6, 6.07) is 0. The van der Waals surface area contributed by atoms with Gasteiger partial charge in [0, 0.05) is 6.20 Å². The highest BCUT2D eigenvalue weighted by Gasteiger charge is 2.39. The molecular weight excluding hydrogens is 147 g/mol. The van der Waals surface area contributed by atoms with E-state index in [4.69, 9.17) is 0 Å². The van der Waals surface area contributed by atoms with Gasteiger partial charge in [-0.25, -0.2) is 0 Å². The zero-order valence-corrected chi connectivity index (χ0v) is 4.64. The Kier molecular flexibility index (Phi) is 1.35. The van der Waals surface area contributed by atoms with E-state index in [1.807, 2.05) is 0 Å². The fourth-order valence-corrected chi connectivity index (χ4v) is 0.516. The van der Waals surface area contributed by atoms with Crippen LogP contribution >= 0.6 is 0 Å². The van der Waals surface area contributed by atoms with Crippen LogP contribution in [0.25, 0.3) is 0 Å². The number of carbonyl (C=O) groups is 1. The molecule has 0 saturated heterocycles. The van der Waals surface area contributed by atoms with Gasteiger partial charge in [0.15, 0.2) is 6.29 Å². The molecule has 0 amide bonds. The van der Waals surface area contributed by atoms with E-state index in [2.05, 4.69) is 4.99 Å². The van der Waals surface area contributed by atoms with Gasteiger partial charge in [-0.15, -0.1) is 0 Å². The fraction of sp³-hybridized carbons (Fsp3) is 0.200. The summed E-state index contributed by atoms with van der Waals surface area (Å²) in [5.41, 5.74) is -1.46. The molecule has 0 unspecified atom stereocenters. The zero-order valence-electron chi connectivity index (χ0n) is 4.64. The summed E-state index contributed by atoms with van der Waals surface area (Å²) < 4.78 is 34.9. The van der Waals surface area contributed by atoms with E-state index in [-0.39, 0.29) is 6.29 Å². The molecule has 0 N–H and O–H groups in total. The lowest BCUT2D eigenvalue weighted by Gasteiger charge is -2.13. The summed E-state index contributed by atoms with van der Waals surface area (Å²) in [5.74, 6) is 0. The number of aliphatic imine (C=N–C) groups is 1. The number of alkyl halides is 3. The van der Waals surface area contributed by atoms with Crippen molar-refractivity contribution in [3.63, 3.8) is 0 Å². The van der Waals surface area contributed by atoms with Crippen molar-refractivity contribution >= 4 is 12.0 Å². The van der Waals surface area contributed by atoms with Crippen LogP contribution in [0, 0.1) is 0 Å². The first kappa shape index (κ1) is 6.98. The highest BCUT2D eigenvalue weighted by atomic mass is 19.4. The highest BCUT2D eigenvalue weighted by Crippen LogP contribution is 2.29. The van der Waals surface area contributed by atoms with E-state index >= 15 is 0 Å². The van der Waals surface area contributed by atoms with Crippen LogP contribution in [0.2, 0.25) is 0 Å². The predicted molar refractivity (Wildman–Crippen MR) is 27.6 cm³/mol. The van der Waals surface area contributed by atoms with Gasteiger partial charge in [-0.3, -0.25) is 9.79 Å². The largest absolute Gasteiger partial charge is 0.420 e. The monoisotopic (exact) mass is 149 g/mol. The maximum atomic E-state index is 11.6. The molecule has 0 aliphatic carbocycles. The maximum absolute atomic E-state index is 11.6. The van der Waals surface area contributed by atoms with Crippen molar-refractivity contribution < 1.29 is 18.0 Å². The van der Waals surface area contributed by atoms with Crippen molar-refractivity contribution in [2.75, 3.05) is 0 Å². The number of halogens is 3. The second-order valence-corrected chi connectivity index (χ2v) is 1.67. The second kappa shape index (κ2) is 1.93. The Hall–Kier alpha value is -1.13. The Morgan fingerprint density at radius 2 is 2.10 bits per heavy atom. The third-order valence-electron chi connectivity index (χ3n) is 1.03. The Labute approximate surface area is 54.1 Å². The number of aldehydes is 1. The minimum absolute atomic E-state index is 0.0861. The summed E-state index contributed by atoms with van der Waals surface area (Å²) in [5, 5.41) is 0. The van der Waals surface area contributed by atoms with Crippen molar-refractivity contribution in [1.82, 2.24) is 0 Å². The molecule has 0 atom stereocenters. The molecule has 1 aliphatic rings. The van der Waals surface area contributed by atoms with Crippen molar-refractivity contribution in [1.29, 1.82) is 0 Å². The van der Waals surface area contributed by atoms with Gasteiger partial charge in [-0.2, -0.15) is 13.2 Å². The van der Waals surface area contributed by atoms with Gasteiger partial charge in [0.2, 0.25) is 0 Å². The molecule has 0 fully saturated rings. The molecule has 0 spiro atoms. The minimum Gasteiger partial charge on any atom is -0.296 e. The van der Waals surface area contributed by atoms with Crippen LogP contribution in [0.4, 0.5) is 13.2 Å². The van der Waals surface area contributed by atoms with Gasteiger partial charge in [-0.1, -0.05) is 0 Å². The standard InChI is InChI=1S/C5H2F3NO/c6-5(7,8)3-1-9-4(3)2-10/h1-2H. The lowest BCUT2D eigenvalue weighted by atomic mass is 10.1. The molecule has 0 aromatic heterocycles. The summed E-state index contributed by atoms with van der Waals surface area (Å²) in [6.45, 7) is 0. The molecule has 0 radical (unpaired) electrons. The molecule has 10 heavy (non-hydrogen) atoms. The lowest BCUT2D eigenvalue weighted by molar-refractivity contribution is -0.104. The Balaban J connectivity index is 2.72. The van der Waals surface area contributed by atoms with Gasteiger partial charge >= 0.3 is 6.18 Å². The first-order chi connectivity index (χ1) is 4.55. The highest BCUT2D eigenvalue weighted by molar-refractivity contribution is 6.38. The molecule has 1 heterocycles. The molecule has 5 heteroatoms. The summed E-state index contributed by atoms with van der Waals surface area (Å²) in [7, 11) is 0. The SMILES string of the molecule is O=CC1=NC=C1C(F)(F)F. The first-order valence-corrected chi connectivity index (χ1v) is 2.36. The number of nitrogens with zero attached hydrogens (tertiary/aromatic N) is 1. The van der Waals surface area contributed by atoms with Crippen LogP contribution in [0.15, 0.2) is 16.8 Å². The van der Waals surface area contributed by atoms with Gasteiger partial charge in [-0.05, 0) is 0 Å². The predicted octanol–water partition coefficient (Wildman–Crippen LogP) is 1.09. The van der Waals surface area contributed by atoms with E-state index in [0.29, 0.717) is 6.20 Å². The van der Waals surface area contributed by atoms with Gasteiger partial charge in [0.25, 0.3) is 0 Å². The van der Waals surface area contributed by atoms with Crippen LogP contribution in [-0.4, -0.2) is 18.2 Å². The van der Waals surface area contributed by atoms with Gasteiger partial charge < -0.3 is 0 Å². The first-order valence-electron chi connectivity index (χ1n) is 2.36. The number of carbonyl (C=O) groups excluding carboxylic acids is 1. The topological polar surface area (TPSA) is 29.4 Å². The second-order valence-electron chi connectivity index (χ2n) is 1.67. The van der Waals surface area contributed by atoms with E-state index in [9.17, 15) is 18.0 Å². The molecule has 0 saturated carbocycles. The molecule has 1 aliphatic heterocycles. The van der Waals surface area contributed by atoms with Gasteiger partial charge in [0.1, 0.15) is 11.3 Å². The normalized spacial score (nSPS) is 17.1. The number of rotatable bonds is 1. The third kappa shape index (κ3) is 0.940. The maximum Gasteiger partial charge on any atom is 0.420 e. The average molecular weight is 149 g/mol. The van der Waals surface area contributed by atoms with E-state index in [1.54, 1.807) is 0 Å². The molecule has 0 bridgehead atoms.